The average molecular weight is 552 g/mol. The van der Waals surface area contributed by atoms with Crippen LogP contribution in [0.3, 0.4) is 0 Å². The number of hydrogen-bond acceptors (Lipinski definition) is 5. The minimum absolute atomic E-state index is 0.643. The Balaban J connectivity index is 1.15. The molecule has 1 aliphatic carbocycles. The van der Waals surface area contributed by atoms with E-state index in [1.54, 1.807) is 0 Å². The Bertz CT molecular complexity index is 2030. The smallest absolute Gasteiger partial charge is 0.164 e. The minimum Gasteiger partial charge on any atom is -0.264 e. The van der Waals surface area contributed by atoms with Crippen LogP contribution in [-0.2, 0) is 6.42 Å². The largest absolute Gasteiger partial charge is 0.264 e. The van der Waals surface area contributed by atoms with E-state index in [0.717, 1.165) is 45.5 Å². The van der Waals surface area contributed by atoms with Crippen molar-refractivity contribution in [2.45, 2.75) is 6.42 Å². The lowest BCUT2D eigenvalue weighted by atomic mass is 9.98. The lowest BCUT2D eigenvalue weighted by Gasteiger charge is -2.11. The Labute approximate surface area is 249 Å². The number of aromatic nitrogens is 5. The maximum Gasteiger partial charge on any atom is 0.164 e. The van der Waals surface area contributed by atoms with E-state index >= 15 is 0 Å². The van der Waals surface area contributed by atoms with E-state index in [0.29, 0.717) is 17.5 Å². The molecule has 3 aromatic heterocycles. The highest BCUT2D eigenvalue weighted by atomic mass is 15.0. The molecule has 0 radical (unpaired) electrons. The van der Waals surface area contributed by atoms with E-state index in [-0.39, 0.29) is 0 Å². The molecule has 7 aromatic rings. The Morgan fingerprint density at radius 1 is 0.442 bits per heavy atom. The van der Waals surface area contributed by atoms with Crippen molar-refractivity contribution in [2.75, 3.05) is 0 Å². The van der Waals surface area contributed by atoms with Gasteiger partial charge < -0.3 is 0 Å². The van der Waals surface area contributed by atoms with E-state index in [2.05, 4.69) is 65.6 Å². The van der Waals surface area contributed by atoms with Gasteiger partial charge in [-0.15, -0.1) is 0 Å². The topological polar surface area (TPSA) is 64.5 Å². The van der Waals surface area contributed by atoms with Crippen molar-refractivity contribution in [3.05, 3.63) is 151 Å². The summed E-state index contributed by atoms with van der Waals surface area (Å²) in [6.07, 6.45) is 6.59. The third-order valence-electron chi connectivity index (χ3n) is 7.93. The number of pyridine rings is 2. The first kappa shape index (κ1) is 24.9. The first-order valence-corrected chi connectivity index (χ1v) is 14.3. The molecule has 5 heteroatoms. The summed E-state index contributed by atoms with van der Waals surface area (Å²) in [6, 6.07) is 41.3. The SMILES string of the molecule is c1ccc(-c2nc(-c3ccccc3)nc(-c3cccc(-c4ccc(-c5nccc6c5Cc5cnccc5-6)cc4)c3)n2)cc1. The van der Waals surface area contributed by atoms with Gasteiger partial charge in [-0.3, -0.25) is 9.97 Å². The quantitative estimate of drug-likeness (QED) is 0.214. The van der Waals surface area contributed by atoms with Gasteiger partial charge >= 0.3 is 0 Å². The second kappa shape index (κ2) is 10.5. The number of rotatable bonds is 5. The zero-order chi connectivity index (χ0) is 28.6. The van der Waals surface area contributed by atoms with Gasteiger partial charge in [-0.05, 0) is 51.6 Å². The van der Waals surface area contributed by atoms with Crippen LogP contribution in [0.15, 0.2) is 140 Å². The molecular weight excluding hydrogens is 526 g/mol. The molecule has 0 N–H and O–H groups in total. The fourth-order valence-electron chi connectivity index (χ4n) is 5.79. The van der Waals surface area contributed by atoms with E-state index in [4.69, 9.17) is 19.9 Å². The second-order valence-corrected chi connectivity index (χ2v) is 10.6. The van der Waals surface area contributed by atoms with Gasteiger partial charge in [0.15, 0.2) is 17.5 Å². The molecule has 0 saturated carbocycles. The molecule has 0 fully saturated rings. The summed E-state index contributed by atoms with van der Waals surface area (Å²) in [5, 5.41) is 0. The van der Waals surface area contributed by atoms with Gasteiger partial charge in [-0.1, -0.05) is 103 Å². The van der Waals surface area contributed by atoms with Crippen molar-refractivity contribution in [3.63, 3.8) is 0 Å². The Hall–Kier alpha value is -5.81. The predicted molar refractivity (Wildman–Crippen MR) is 171 cm³/mol. The molecule has 0 bridgehead atoms. The van der Waals surface area contributed by atoms with Crippen LogP contribution in [0.1, 0.15) is 11.1 Å². The van der Waals surface area contributed by atoms with E-state index in [1.165, 1.54) is 22.3 Å². The summed E-state index contributed by atoms with van der Waals surface area (Å²) in [6.45, 7) is 0. The molecule has 0 atom stereocenters. The van der Waals surface area contributed by atoms with Crippen LogP contribution in [0.2, 0.25) is 0 Å². The van der Waals surface area contributed by atoms with Crippen molar-refractivity contribution in [1.29, 1.82) is 0 Å². The fourth-order valence-corrected chi connectivity index (χ4v) is 5.79. The third kappa shape index (κ3) is 4.67. The second-order valence-electron chi connectivity index (χ2n) is 10.6. The summed E-state index contributed by atoms with van der Waals surface area (Å²) in [4.78, 5) is 23.7. The summed E-state index contributed by atoms with van der Waals surface area (Å²) in [5.41, 5.74) is 12.2. The lowest BCUT2D eigenvalue weighted by Crippen LogP contribution is -2.00. The molecule has 0 aliphatic heterocycles. The van der Waals surface area contributed by atoms with Crippen LogP contribution in [0.5, 0.6) is 0 Å². The molecule has 202 valence electrons. The molecule has 3 heterocycles. The number of hydrogen-bond donors (Lipinski definition) is 0. The molecule has 0 amide bonds. The highest BCUT2D eigenvalue weighted by Crippen LogP contribution is 2.40. The van der Waals surface area contributed by atoms with Crippen LogP contribution >= 0.6 is 0 Å². The fraction of sp³-hybridized carbons (Fsp3) is 0.0263. The maximum atomic E-state index is 4.90. The highest BCUT2D eigenvalue weighted by Gasteiger charge is 2.22. The number of fused-ring (bicyclic) bond motifs is 3. The molecule has 0 spiro atoms. The van der Waals surface area contributed by atoms with E-state index in [1.807, 2.05) is 79.3 Å². The van der Waals surface area contributed by atoms with Gasteiger partial charge in [0, 0.05) is 47.3 Å². The molecule has 1 aliphatic rings. The molecule has 43 heavy (non-hydrogen) atoms. The Morgan fingerprint density at radius 2 is 1.02 bits per heavy atom. The van der Waals surface area contributed by atoms with Crippen molar-refractivity contribution < 1.29 is 0 Å². The van der Waals surface area contributed by atoms with Gasteiger partial charge in [0.25, 0.3) is 0 Å². The standard InChI is InChI=1S/C38H25N5/c1-3-8-27(9-4-1)36-41-37(28-10-5-2-6-11-28)43-38(42-36)30-13-7-12-29(22-30)25-14-16-26(17-15-25)35-34-23-31-24-39-20-18-32(31)33(34)19-21-40-35/h1-22,24H,23H2. The molecule has 8 rings (SSSR count). The van der Waals surface area contributed by atoms with Crippen LogP contribution < -0.4 is 0 Å². The van der Waals surface area contributed by atoms with Crippen LogP contribution in [0.25, 0.3) is 67.7 Å². The van der Waals surface area contributed by atoms with Crippen LogP contribution in [0, 0.1) is 0 Å². The van der Waals surface area contributed by atoms with Crippen LogP contribution in [0.4, 0.5) is 0 Å². The summed E-state index contributed by atoms with van der Waals surface area (Å²) in [7, 11) is 0. The summed E-state index contributed by atoms with van der Waals surface area (Å²) in [5.74, 6) is 1.95. The first-order valence-electron chi connectivity index (χ1n) is 14.3. The molecule has 0 saturated heterocycles. The van der Waals surface area contributed by atoms with Gasteiger partial charge in [-0.25, -0.2) is 15.0 Å². The highest BCUT2D eigenvalue weighted by molar-refractivity contribution is 5.83. The zero-order valence-corrected chi connectivity index (χ0v) is 23.2. The monoisotopic (exact) mass is 551 g/mol. The van der Waals surface area contributed by atoms with Gasteiger partial charge in [0.2, 0.25) is 0 Å². The lowest BCUT2D eigenvalue weighted by molar-refractivity contribution is 1.07. The first-order chi connectivity index (χ1) is 21.3. The molecule has 4 aromatic carbocycles. The van der Waals surface area contributed by atoms with Crippen molar-refractivity contribution >= 4 is 0 Å². The molecule has 5 nitrogen and oxygen atoms in total. The van der Waals surface area contributed by atoms with Crippen molar-refractivity contribution in [2.24, 2.45) is 0 Å². The normalized spacial score (nSPS) is 11.6. The number of nitrogens with zero attached hydrogens (tertiary/aromatic N) is 5. The van der Waals surface area contributed by atoms with Gasteiger partial charge in [-0.2, -0.15) is 0 Å². The third-order valence-corrected chi connectivity index (χ3v) is 7.93. The summed E-state index contributed by atoms with van der Waals surface area (Å²) < 4.78 is 0. The van der Waals surface area contributed by atoms with Gasteiger partial charge in [0.1, 0.15) is 0 Å². The average Bonchev–Trinajstić information content (AvgIpc) is 3.48. The van der Waals surface area contributed by atoms with E-state index in [9.17, 15) is 0 Å². The Morgan fingerprint density at radius 3 is 1.72 bits per heavy atom. The van der Waals surface area contributed by atoms with Gasteiger partial charge in [0.05, 0.1) is 5.69 Å². The minimum atomic E-state index is 0.643. The Kier molecular flexibility index (Phi) is 6.12. The van der Waals surface area contributed by atoms with E-state index < -0.39 is 0 Å². The predicted octanol–water partition coefficient (Wildman–Crippen LogP) is 8.57. The zero-order valence-electron chi connectivity index (χ0n) is 23.2. The maximum absolute atomic E-state index is 4.90. The van der Waals surface area contributed by atoms with Crippen LogP contribution in [-0.4, -0.2) is 24.9 Å². The number of benzene rings is 4. The molecule has 0 unspecified atom stereocenters. The van der Waals surface area contributed by atoms with Crippen molar-refractivity contribution in [3.8, 4) is 67.7 Å². The van der Waals surface area contributed by atoms with Crippen molar-refractivity contribution in [1.82, 2.24) is 24.9 Å². The summed E-state index contributed by atoms with van der Waals surface area (Å²) >= 11 is 0. The molecular formula is C38H25N5.